The number of nitrogens with zero attached hydrogens (tertiary/aromatic N) is 1. The molecule has 1 fully saturated rings. The van der Waals surface area contributed by atoms with Gasteiger partial charge in [-0.15, -0.1) is 0 Å². The molecular weight excluding hydrogens is 222 g/mol. The molecule has 1 heterocycles. The molecule has 1 saturated heterocycles. The van der Waals surface area contributed by atoms with Crippen LogP contribution in [0.1, 0.15) is 31.4 Å². The first-order valence-corrected chi connectivity index (χ1v) is 6.95. The Hall–Kier alpha value is -0.860. The standard InChI is InChI=1S/C16H25NO/c1-14-4-6-15(7-5-14)16(2,3)8-9-17-10-12-18-13-11-17/h4-7H,8-13H2,1-3H3. The molecule has 100 valence electrons. The quantitative estimate of drug-likeness (QED) is 0.811. The van der Waals surface area contributed by atoms with E-state index >= 15 is 0 Å². The summed E-state index contributed by atoms with van der Waals surface area (Å²) in [5, 5.41) is 0. The van der Waals surface area contributed by atoms with Gasteiger partial charge in [-0.3, -0.25) is 4.90 Å². The number of morpholine rings is 1. The summed E-state index contributed by atoms with van der Waals surface area (Å²) in [5.41, 5.74) is 3.04. The fourth-order valence-electron chi connectivity index (χ4n) is 2.41. The molecule has 0 unspecified atom stereocenters. The van der Waals surface area contributed by atoms with Gasteiger partial charge in [0.05, 0.1) is 13.2 Å². The first-order valence-electron chi connectivity index (χ1n) is 6.95. The minimum Gasteiger partial charge on any atom is -0.379 e. The number of ether oxygens (including phenoxy) is 1. The molecule has 0 amide bonds. The molecule has 0 aliphatic carbocycles. The fraction of sp³-hybridized carbons (Fsp3) is 0.625. The summed E-state index contributed by atoms with van der Waals surface area (Å²) in [6.07, 6.45) is 1.20. The summed E-state index contributed by atoms with van der Waals surface area (Å²) < 4.78 is 5.39. The number of benzene rings is 1. The second-order valence-electron chi connectivity index (χ2n) is 5.95. The van der Waals surface area contributed by atoms with E-state index in [-0.39, 0.29) is 5.41 Å². The van der Waals surface area contributed by atoms with Crippen molar-refractivity contribution in [3.05, 3.63) is 35.4 Å². The molecule has 2 heteroatoms. The van der Waals surface area contributed by atoms with Crippen LogP contribution in [-0.2, 0) is 10.2 Å². The van der Waals surface area contributed by atoms with Crippen LogP contribution in [0.3, 0.4) is 0 Å². The van der Waals surface area contributed by atoms with E-state index in [0.29, 0.717) is 0 Å². The molecule has 0 bridgehead atoms. The van der Waals surface area contributed by atoms with Crippen molar-refractivity contribution < 1.29 is 4.74 Å². The summed E-state index contributed by atoms with van der Waals surface area (Å²) in [6, 6.07) is 8.97. The Bertz CT molecular complexity index is 363. The van der Waals surface area contributed by atoms with E-state index in [9.17, 15) is 0 Å². The predicted octanol–water partition coefficient (Wildman–Crippen LogP) is 2.99. The van der Waals surface area contributed by atoms with E-state index in [1.54, 1.807) is 0 Å². The van der Waals surface area contributed by atoms with Gasteiger partial charge >= 0.3 is 0 Å². The molecule has 18 heavy (non-hydrogen) atoms. The van der Waals surface area contributed by atoms with Crippen LogP contribution in [0.15, 0.2) is 24.3 Å². The van der Waals surface area contributed by atoms with E-state index < -0.39 is 0 Å². The summed E-state index contributed by atoms with van der Waals surface area (Å²) >= 11 is 0. The van der Waals surface area contributed by atoms with Crippen molar-refractivity contribution in [1.29, 1.82) is 0 Å². The summed E-state index contributed by atoms with van der Waals surface area (Å²) in [6.45, 7) is 12.0. The Labute approximate surface area is 111 Å². The third kappa shape index (κ3) is 3.56. The van der Waals surface area contributed by atoms with Crippen molar-refractivity contribution >= 4 is 0 Å². The van der Waals surface area contributed by atoms with E-state index in [1.165, 1.54) is 24.1 Å². The van der Waals surface area contributed by atoms with Gasteiger partial charge in [-0.05, 0) is 30.9 Å². The maximum absolute atomic E-state index is 5.39. The molecule has 0 atom stereocenters. The van der Waals surface area contributed by atoms with Crippen molar-refractivity contribution in [2.45, 2.75) is 32.6 Å². The molecule has 0 spiro atoms. The Kier molecular flexibility index (Phi) is 4.41. The number of rotatable bonds is 4. The fourth-order valence-corrected chi connectivity index (χ4v) is 2.41. The first-order chi connectivity index (χ1) is 8.58. The maximum atomic E-state index is 5.39. The van der Waals surface area contributed by atoms with Crippen LogP contribution in [0.5, 0.6) is 0 Å². The van der Waals surface area contributed by atoms with Crippen LogP contribution in [-0.4, -0.2) is 37.7 Å². The van der Waals surface area contributed by atoms with Gasteiger partial charge in [0.2, 0.25) is 0 Å². The van der Waals surface area contributed by atoms with Crippen molar-refractivity contribution in [3.8, 4) is 0 Å². The summed E-state index contributed by atoms with van der Waals surface area (Å²) in [4.78, 5) is 2.51. The lowest BCUT2D eigenvalue weighted by molar-refractivity contribution is 0.0350. The normalized spacial score (nSPS) is 17.9. The van der Waals surface area contributed by atoms with Crippen LogP contribution in [0, 0.1) is 6.92 Å². The minimum absolute atomic E-state index is 0.256. The average Bonchev–Trinajstić information content (AvgIpc) is 2.38. The molecule has 0 saturated carbocycles. The van der Waals surface area contributed by atoms with Crippen LogP contribution in [0.2, 0.25) is 0 Å². The van der Waals surface area contributed by atoms with Crippen LogP contribution < -0.4 is 0 Å². The average molecular weight is 247 g/mol. The smallest absolute Gasteiger partial charge is 0.0594 e. The molecule has 1 aromatic carbocycles. The summed E-state index contributed by atoms with van der Waals surface area (Å²) in [5.74, 6) is 0. The first kappa shape index (κ1) is 13.6. The summed E-state index contributed by atoms with van der Waals surface area (Å²) in [7, 11) is 0. The third-order valence-corrected chi connectivity index (χ3v) is 3.99. The van der Waals surface area contributed by atoms with Gasteiger partial charge in [-0.2, -0.15) is 0 Å². The van der Waals surface area contributed by atoms with Gasteiger partial charge in [0.25, 0.3) is 0 Å². The highest BCUT2D eigenvalue weighted by atomic mass is 16.5. The van der Waals surface area contributed by atoms with Crippen molar-refractivity contribution in [1.82, 2.24) is 4.90 Å². The topological polar surface area (TPSA) is 12.5 Å². The molecule has 2 rings (SSSR count). The van der Waals surface area contributed by atoms with Gasteiger partial charge in [-0.25, -0.2) is 0 Å². The highest BCUT2D eigenvalue weighted by Crippen LogP contribution is 2.27. The highest BCUT2D eigenvalue weighted by molar-refractivity contribution is 5.27. The van der Waals surface area contributed by atoms with Crippen LogP contribution >= 0.6 is 0 Å². The lowest BCUT2D eigenvalue weighted by Gasteiger charge is -2.32. The molecule has 0 radical (unpaired) electrons. The highest BCUT2D eigenvalue weighted by Gasteiger charge is 2.22. The Morgan fingerprint density at radius 2 is 1.72 bits per heavy atom. The lowest BCUT2D eigenvalue weighted by atomic mass is 9.81. The minimum atomic E-state index is 0.256. The second-order valence-corrected chi connectivity index (χ2v) is 5.95. The number of hydrogen-bond acceptors (Lipinski definition) is 2. The second kappa shape index (κ2) is 5.85. The van der Waals surface area contributed by atoms with Crippen molar-refractivity contribution in [2.24, 2.45) is 0 Å². The Morgan fingerprint density at radius 1 is 1.11 bits per heavy atom. The van der Waals surface area contributed by atoms with E-state index in [2.05, 4.69) is 49.9 Å². The SMILES string of the molecule is Cc1ccc(C(C)(C)CCN2CCOCC2)cc1. The van der Waals surface area contributed by atoms with Gasteiger partial charge in [0.1, 0.15) is 0 Å². The molecule has 2 nitrogen and oxygen atoms in total. The van der Waals surface area contributed by atoms with E-state index in [1.807, 2.05) is 0 Å². The van der Waals surface area contributed by atoms with E-state index in [4.69, 9.17) is 4.74 Å². The number of hydrogen-bond donors (Lipinski definition) is 0. The van der Waals surface area contributed by atoms with Gasteiger partial charge in [0, 0.05) is 13.1 Å². The zero-order chi connectivity index (χ0) is 13.0. The van der Waals surface area contributed by atoms with Crippen LogP contribution in [0.25, 0.3) is 0 Å². The van der Waals surface area contributed by atoms with Gasteiger partial charge in [0.15, 0.2) is 0 Å². The molecule has 1 aromatic rings. The van der Waals surface area contributed by atoms with E-state index in [0.717, 1.165) is 26.3 Å². The van der Waals surface area contributed by atoms with Crippen LogP contribution in [0.4, 0.5) is 0 Å². The monoisotopic (exact) mass is 247 g/mol. The Morgan fingerprint density at radius 3 is 2.33 bits per heavy atom. The van der Waals surface area contributed by atoms with Gasteiger partial charge < -0.3 is 4.74 Å². The molecule has 1 aliphatic heterocycles. The van der Waals surface area contributed by atoms with Gasteiger partial charge in [-0.1, -0.05) is 43.7 Å². The molecule has 1 aliphatic rings. The Balaban J connectivity index is 1.91. The molecular formula is C16H25NO. The molecule has 0 N–H and O–H groups in total. The number of aryl methyl sites for hydroxylation is 1. The predicted molar refractivity (Wildman–Crippen MR) is 76.1 cm³/mol. The zero-order valence-electron chi connectivity index (χ0n) is 11.9. The lowest BCUT2D eigenvalue weighted by Crippen LogP contribution is -2.38. The molecule has 0 aromatic heterocycles. The van der Waals surface area contributed by atoms with Crippen molar-refractivity contribution in [2.75, 3.05) is 32.8 Å². The maximum Gasteiger partial charge on any atom is 0.0594 e. The third-order valence-electron chi connectivity index (χ3n) is 3.99. The zero-order valence-corrected chi connectivity index (χ0v) is 11.9. The van der Waals surface area contributed by atoms with Crippen molar-refractivity contribution in [3.63, 3.8) is 0 Å². The largest absolute Gasteiger partial charge is 0.379 e.